The minimum absolute atomic E-state index is 0.0182. The van der Waals surface area contributed by atoms with Crippen LogP contribution < -0.4 is 5.32 Å². The van der Waals surface area contributed by atoms with E-state index < -0.39 is 4.92 Å². The second-order valence-electron chi connectivity index (χ2n) is 3.86. The Balaban J connectivity index is 2.30. The van der Waals surface area contributed by atoms with E-state index in [1.807, 2.05) is 31.2 Å². The lowest BCUT2D eigenvalue weighted by Gasteiger charge is -2.10. The van der Waals surface area contributed by atoms with E-state index in [0.717, 1.165) is 11.3 Å². The Morgan fingerprint density at radius 2 is 1.89 bits per heavy atom. The van der Waals surface area contributed by atoms with E-state index in [-0.39, 0.29) is 5.69 Å². The van der Waals surface area contributed by atoms with Gasteiger partial charge < -0.3 is 5.32 Å². The van der Waals surface area contributed by atoms with Crippen molar-refractivity contribution < 1.29 is 4.92 Å². The summed E-state index contributed by atoms with van der Waals surface area (Å²) in [7, 11) is 0. The number of anilines is 2. The minimum Gasteiger partial charge on any atom is -0.354 e. The fourth-order valence-corrected chi connectivity index (χ4v) is 1.80. The van der Waals surface area contributed by atoms with Crippen LogP contribution in [0.2, 0.25) is 5.02 Å². The lowest BCUT2D eigenvalue weighted by atomic mass is 10.2. The van der Waals surface area contributed by atoms with Gasteiger partial charge in [-0.2, -0.15) is 0 Å². The zero-order valence-corrected chi connectivity index (χ0v) is 10.4. The fraction of sp³-hybridized carbons (Fsp3) is 0.0769. The van der Waals surface area contributed by atoms with Gasteiger partial charge in [-0.25, -0.2) is 0 Å². The Bertz CT molecular complexity index is 599. The third-order valence-corrected chi connectivity index (χ3v) is 2.89. The summed E-state index contributed by atoms with van der Waals surface area (Å²) in [5.74, 6) is 0. The topological polar surface area (TPSA) is 55.2 Å². The molecule has 0 amide bonds. The maximum absolute atomic E-state index is 10.6. The van der Waals surface area contributed by atoms with Gasteiger partial charge in [0.15, 0.2) is 0 Å². The molecule has 0 saturated carbocycles. The summed E-state index contributed by atoms with van der Waals surface area (Å²) in [6.07, 6.45) is 0. The molecule has 0 aliphatic heterocycles. The van der Waals surface area contributed by atoms with Gasteiger partial charge in [0.1, 0.15) is 0 Å². The first-order valence-corrected chi connectivity index (χ1v) is 5.72. The number of benzene rings is 2. The Hall–Kier alpha value is -2.07. The van der Waals surface area contributed by atoms with Crippen LogP contribution in [0.1, 0.15) is 5.56 Å². The van der Waals surface area contributed by atoms with E-state index in [1.165, 1.54) is 12.1 Å². The summed E-state index contributed by atoms with van der Waals surface area (Å²) in [6, 6.07) is 12.1. The fourth-order valence-electron chi connectivity index (χ4n) is 1.58. The summed E-state index contributed by atoms with van der Waals surface area (Å²) in [5, 5.41) is 14.1. The highest BCUT2D eigenvalue weighted by Crippen LogP contribution is 2.30. The van der Waals surface area contributed by atoms with Crippen molar-refractivity contribution in [2.24, 2.45) is 0 Å². The van der Waals surface area contributed by atoms with E-state index in [9.17, 15) is 10.1 Å². The molecule has 0 atom stereocenters. The number of nitrogens with one attached hydrogen (secondary N) is 1. The summed E-state index contributed by atoms with van der Waals surface area (Å²) < 4.78 is 0. The number of halogens is 1. The molecule has 0 fully saturated rings. The van der Waals surface area contributed by atoms with Gasteiger partial charge in [-0.3, -0.25) is 10.1 Å². The molecular weight excluding hydrogens is 252 g/mol. The smallest absolute Gasteiger partial charge is 0.271 e. The molecular formula is C13H11ClN2O2. The lowest BCUT2D eigenvalue weighted by Crippen LogP contribution is -1.95. The van der Waals surface area contributed by atoms with Crippen molar-refractivity contribution in [1.29, 1.82) is 0 Å². The number of nitrogens with zero attached hydrogens (tertiary/aromatic N) is 1. The molecule has 2 rings (SSSR count). The first kappa shape index (κ1) is 12.4. The lowest BCUT2D eigenvalue weighted by molar-refractivity contribution is -0.384. The summed E-state index contributed by atoms with van der Waals surface area (Å²) in [4.78, 5) is 10.1. The first-order valence-electron chi connectivity index (χ1n) is 5.34. The molecule has 1 N–H and O–H groups in total. The number of hydrogen-bond acceptors (Lipinski definition) is 3. The van der Waals surface area contributed by atoms with Crippen LogP contribution in [-0.2, 0) is 0 Å². The molecule has 0 bridgehead atoms. The van der Waals surface area contributed by atoms with Gasteiger partial charge in [-0.15, -0.1) is 0 Å². The van der Waals surface area contributed by atoms with Crippen LogP contribution in [0.4, 0.5) is 17.1 Å². The highest BCUT2D eigenvalue weighted by Gasteiger charge is 2.09. The van der Waals surface area contributed by atoms with E-state index in [4.69, 9.17) is 11.6 Å². The van der Waals surface area contributed by atoms with Crippen molar-refractivity contribution >= 4 is 28.7 Å². The molecule has 0 aliphatic rings. The second-order valence-corrected chi connectivity index (χ2v) is 4.27. The molecule has 2 aromatic carbocycles. The molecule has 0 radical (unpaired) electrons. The molecule has 18 heavy (non-hydrogen) atoms. The molecule has 4 nitrogen and oxygen atoms in total. The maximum Gasteiger partial charge on any atom is 0.271 e. The number of aryl methyl sites for hydroxylation is 1. The quantitative estimate of drug-likeness (QED) is 0.663. The number of non-ortho nitro benzene ring substituents is 1. The van der Waals surface area contributed by atoms with Gasteiger partial charge in [0.2, 0.25) is 0 Å². The summed E-state index contributed by atoms with van der Waals surface area (Å²) in [5.41, 5.74) is 2.63. The number of para-hydroxylation sites is 1. The number of nitro groups is 1. The predicted molar refractivity (Wildman–Crippen MR) is 72.6 cm³/mol. The zero-order valence-electron chi connectivity index (χ0n) is 9.68. The van der Waals surface area contributed by atoms with E-state index in [0.29, 0.717) is 10.7 Å². The van der Waals surface area contributed by atoms with Gasteiger partial charge in [0.05, 0.1) is 15.6 Å². The van der Waals surface area contributed by atoms with E-state index in [2.05, 4.69) is 5.32 Å². The Kier molecular flexibility index (Phi) is 3.48. The second kappa shape index (κ2) is 5.06. The average Bonchev–Trinajstić information content (AvgIpc) is 2.34. The van der Waals surface area contributed by atoms with Gasteiger partial charge in [-0.05, 0) is 24.6 Å². The van der Waals surface area contributed by atoms with Crippen LogP contribution in [0.5, 0.6) is 0 Å². The van der Waals surface area contributed by atoms with Crippen LogP contribution in [0.3, 0.4) is 0 Å². The Labute approximate surface area is 109 Å². The third-order valence-electron chi connectivity index (χ3n) is 2.58. The molecule has 0 heterocycles. The van der Waals surface area contributed by atoms with E-state index >= 15 is 0 Å². The molecule has 0 saturated heterocycles. The van der Waals surface area contributed by atoms with Gasteiger partial charge in [0, 0.05) is 17.8 Å². The molecule has 0 aromatic heterocycles. The van der Waals surface area contributed by atoms with Crippen LogP contribution >= 0.6 is 11.6 Å². The van der Waals surface area contributed by atoms with Crippen LogP contribution in [-0.4, -0.2) is 4.92 Å². The standard InChI is InChI=1S/C13H11ClN2O2/c1-9-4-2-3-5-12(9)15-13-7-6-10(16(17)18)8-11(13)14/h2-8,15H,1H3. The molecule has 92 valence electrons. The summed E-state index contributed by atoms with van der Waals surface area (Å²) >= 11 is 6.01. The largest absolute Gasteiger partial charge is 0.354 e. The highest BCUT2D eigenvalue weighted by molar-refractivity contribution is 6.33. The van der Waals surface area contributed by atoms with Gasteiger partial charge in [-0.1, -0.05) is 29.8 Å². The summed E-state index contributed by atoms with van der Waals surface area (Å²) in [6.45, 7) is 1.97. The van der Waals surface area contributed by atoms with Crippen LogP contribution in [0.15, 0.2) is 42.5 Å². The van der Waals surface area contributed by atoms with Crippen molar-refractivity contribution in [1.82, 2.24) is 0 Å². The molecule has 0 aliphatic carbocycles. The molecule has 5 heteroatoms. The first-order chi connectivity index (χ1) is 8.58. The predicted octanol–water partition coefficient (Wildman–Crippen LogP) is 4.30. The van der Waals surface area contributed by atoms with Gasteiger partial charge in [0.25, 0.3) is 5.69 Å². The van der Waals surface area contributed by atoms with Crippen LogP contribution in [0, 0.1) is 17.0 Å². The molecule has 2 aromatic rings. The zero-order chi connectivity index (χ0) is 13.1. The minimum atomic E-state index is -0.469. The molecule has 0 spiro atoms. The van der Waals surface area contributed by atoms with Crippen molar-refractivity contribution in [3.8, 4) is 0 Å². The Morgan fingerprint density at radius 3 is 2.50 bits per heavy atom. The Morgan fingerprint density at radius 1 is 1.17 bits per heavy atom. The van der Waals surface area contributed by atoms with Gasteiger partial charge >= 0.3 is 0 Å². The number of rotatable bonds is 3. The maximum atomic E-state index is 10.6. The number of hydrogen-bond donors (Lipinski definition) is 1. The monoisotopic (exact) mass is 262 g/mol. The van der Waals surface area contributed by atoms with Crippen molar-refractivity contribution in [3.05, 3.63) is 63.2 Å². The van der Waals surface area contributed by atoms with Crippen molar-refractivity contribution in [2.45, 2.75) is 6.92 Å². The third kappa shape index (κ3) is 2.60. The van der Waals surface area contributed by atoms with Crippen molar-refractivity contribution in [2.75, 3.05) is 5.32 Å². The normalized spacial score (nSPS) is 10.1. The van der Waals surface area contributed by atoms with Crippen molar-refractivity contribution in [3.63, 3.8) is 0 Å². The van der Waals surface area contributed by atoms with E-state index in [1.54, 1.807) is 6.07 Å². The average molecular weight is 263 g/mol. The van der Waals surface area contributed by atoms with Crippen LogP contribution in [0.25, 0.3) is 0 Å². The SMILES string of the molecule is Cc1ccccc1Nc1ccc([N+](=O)[O-])cc1Cl. The highest BCUT2D eigenvalue weighted by atomic mass is 35.5. The molecule has 0 unspecified atom stereocenters. The number of nitro benzene ring substituents is 1.